The molecule has 3 aromatic carbocycles. The number of ether oxygens (including phenoxy) is 2. The van der Waals surface area contributed by atoms with Gasteiger partial charge in [0.1, 0.15) is 6.54 Å². The second-order valence-electron chi connectivity index (χ2n) is 9.32. The Morgan fingerprint density at radius 3 is 2.51 bits per heavy atom. The summed E-state index contributed by atoms with van der Waals surface area (Å²) in [5, 5.41) is 5.91. The maximum absolute atomic E-state index is 13.6. The minimum Gasteiger partial charge on any atom is -0.454 e. The Bertz CT molecular complexity index is 1680. The first kappa shape index (κ1) is 25.8. The van der Waals surface area contributed by atoms with E-state index in [2.05, 4.69) is 10.6 Å². The predicted octanol–water partition coefficient (Wildman–Crippen LogP) is 2.73. The first-order valence-corrected chi connectivity index (χ1v) is 12.7. The summed E-state index contributed by atoms with van der Waals surface area (Å²) < 4.78 is 13.0. The molecule has 0 unspecified atom stereocenters. The molecule has 0 spiro atoms. The van der Waals surface area contributed by atoms with Crippen molar-refractivity contribution in [2.75, 3.05) is 6.79 Å². The molecule has 2 heterocycles. The molecule has 1 atom stereocenters. The van der Waals surface area contributed by atoms with Crippen molar-refractivity contribution in [1.29, 1.82) is 0 Å². The lowest BCUT2D eigenvalue weighted by Gasteiger charge is -2.16. The van der Waals surface area contributed by atoms with Crippen LogP contribution in [0.3, 0.4) is 0 Å². The number of nitrogens with zero attached hydrogens (tertiary/aromatic N) is 2. The van der Waals surface area contributed by atoms with Crippen LogP contribution in [0.25, 0.3) is 16.6 Å². The molecule has 2 N–H and O–H groups in total. The van der Waals surface area contributed by atoms with Crippen molar-refractivity contribution >= 4 is 22.7 Å². The van der Waals surface area contributed by atoms with E-state index < -0.39 is 17.2 Å². The Labute approximate surface area is 223 Å². The highest BCUT2D eigenvalue weighted by atomic mass is 16.7. The SMILES string of the molecule is CC[C@@H](C)NC(=O)Cn1c(=O)n(-c2ccccc2)c(=O)c2ccc(C(=O)NCc3ccc4c(c3)OCO4)cc21. The first-order valence-electron chi connectivity index (χ1n) is 12.7. The van der Waals surface area contributed by atoms with Gasteiger partial charge < -0.3 is 20.1 Å². The van der Waals surface area contributed by atoms with Crippen LogP contribution in [0.2, 0.25) is 0 Å². The summed E-state index contributed by atoms with van der Waals surface area (Å²) in [7, 11) is 0. The van der Waals surface area contributed by atoms with Crippen molar-refractivity contribution in [2.45, 2.75) is 39.4 Å². The van der Waals surface area contributed by atoms with Crippen molar-refractivity contribution in [3.8, 4) is 17.2 Å². The van der Waals surface area contributed by atoms with Crippen molar-refractivity contribution in [3.63, 3.8) is 0 Å². The van der Waals surface area contributed by atoms with Crippen molar-refractivity contribution in [2.24, 2.45) is 0 Å². The maximum Gasteiger partial charge on any atom is 0.336 e. The van der Waals surface area contributed by atoms with Gasteiger partial charge in [0.05, 0.1) is 16.6 Å². The van der Waals surface area contributed by atoms with E-state index in [4.69, 9.17) is 9.47 Å². The van der Waals surface area contributed by atoms with Gasteiger partial charge in [0.15, 0.2) is 11.5 Å². The normalized spacial score (nSPS) is 12.8. The molecule has 1 aliphatic rings. The highest BCUT2D eigenvalue weighted by molar-refractivity contribution is 5.98. The molecule has 0 bridgehead atoms. The van der Waals surface area contributed by atoms with Crippen LogP contribution in [0.4, 0.5) is 0 Å². The molecule has 4 aromatic rings. The fourth-order valence-corrected chi connectivity index (χ4v) is 4.37. The summed E-state index contributed by atoms with van der Waals surface area (Å²) in [6.07, 6.45) is 0.721. The third-order valence-corrected chi connectivity index (χ3v) is 6.63. The summed E-state index contributed by atoms with van der Waals surface area (Å²) in [5.41, 5.74) is 0.444. The van der Waals surface area contributed by atoms with E-state index in [1.165, 1.54) is 22.8 Å². The van der Waals surface area contributed by atoms with Crippen LogP contribution in [0, 0.1) is 0 Å². The quantitative estimate of drug-likeness (QED) is 0.363. The summed E-state index contributed by atoms with van der Waals surface area (Å²) in [6, 6.07) is 18.3. The third-order valence-electron chi connectivity index (χ3n) is 6.63. The minimum absolute atomic E-state index is 0.0861. The van der Waals surface area contributed by atoms with E-state index in [9.17, 15) is 19.2 Å². The molecule has 5 rings (SSSR count). The lowest BCUT2D eigenvalue weighted by atomic mass is 10.1. The van der Waals surface area contributed by atoms with Gasteiger partial charge in [-0.1, -0.05) is 31.2 Å². The zero-order valence-corrected chi connectivity index (χ0v) is 21.6. The van der Waals surface area contributed by atoms with Crippen molar-refractivity contribution in [3.05, 3.63) is 98.7 Å². The van der Waals surface area contributed by atoms with Gasteiger partial charge in [-0.15, -0.1) is 0 Å². The summed E-state index contributed by atoms with van der Waals surface area (Å²) in [5.74, 6) is 0.492. The Morgan fingerprint density at radius 2 is 1.74 bits per heavy atom. The molecule has 0 saturated heterocycles. The molecule has 0 radical (unpaired) electrons. The fraction of sp³-hybridized carbons (Fsp3) is 0.241. The molecule has 10 nitrogen and oxygen atoms in total. The number of rotatable bonds is 8. The number of carbonyl (C=O) groups is 2. The standard InChI is InChI=1S/C29H28N4O6/c1-3-18(2)31-26(34)16-32-23-14-20(27(35)30-15-19-9-12-24-25(13-19)39-17-38-24)10-11-22(23)28(36)33(29(32)37)21-7-5-4-6-8-21/h4-14,18H,3,15-17H2,1-2H3,(H,30,35)(H,31,34)/t18-/m1/s1. The van der Waals surface area contributed by atoms with E-state index in [0.717, 1.165) is 16.6 Å². The summed E-state index contributed by atoms with van der Waals surface area (Å²) in [4.78, 5) is 52.9. The molecule has 0 saturated carbocycles. The van der Waals surface area contributed by atoms with Gasteiger partial charge in [0, 0.05) is 18.2 Å². The third kappa shape index (κ3) is 5.26. The van der Waals surface area contributed by atoms with Gasteiger partial charge in [-0.25, -0.2) is 9.36 Å². The smallest absolute Gasteiger partial charge is 0.336 e. The van der Waals surface area contributed by atoms with Gasteiger partial charge in [-0.2, -0.15) is 0 Å². The Hall–Kier alpha value is -4.86. The Kier molecular flexibility index (Phi) is 7.18. The van der Waals surface area contributed by atoms with E-state index in [0.29, 0.717) is 17.2 Å². The zero-order valence-electron chi connectivity index (χ0n) is 21.6. The van der Waals surface area contributed by atoms with Gasteiger partial charge in [0.25, 0.3) is 11.5 Å². The van der Waals surface area contributed by atoms with Crippen LogP contribution in [-0.4, -0.2) is 33.8 Å². The van der Waals surface area contributed by atoms with Crippen LogP contribution >= 0.6 is 0 Å². The largest absolute Gasteiger partial charge is 0.454 e. The van der Waals surface area contributed by atoms with Crippen LogP contribution in [-0.2, 0) is 17.9 Å². The number of benzene rings is 3. The van der Waals surface area contributed by atoms with Crippen LogP contribution < -0.4 is 31.4 Å². The molecule has 39 heavy (non-hydrogen) atoms. The molecule has 0 fully saturated rings. The zero-order chi connectivity index (χ0) is 27.5. The number of carbonyl (C=O) groups excluding carboxylic acids is 2. The minimum atomic E-state index is -0.670. The Balaban J connectivity index is 1.52. The molecule has 10 heteroatoms. The highest BCUT2D eigenvalue weighted by Crippen LogP contribution is 2.32. The molecular formula is C29H28N4O6. The number of para-hydroxylation sites is 1. The summed E-state index contributed by atoms with van der Waals surface area (Å²) >= 11 is 0. The monoisotopic (exact) mass is 528 g/mol. The number of hydrogen-bond acceptors (Lipinski definition) is 6. The first-order chi connectivity index (χ1) is 18.9. The number of amides is 2. The topological polar surface area (TPSA) is 121 Å². The average molecular weight is 529 g/mol. The maximum atomic E-state index is 13.6. The van der Waals surface area contributed by atoms with E-state index in [1.807, 2.05) is 19.9 Å². The van der Waals surface area contributed by atoms with E-state index in [1.54, 1.807) is 42.5 Å². The number of nitrogens with one attached hydrogen (secondary N) is 2. The molecule has 1 aliphatic heterocycles. The number of hydrogen-bond donors (Lipinski definition) is 2. The molecule has 1 aromatic heterocycles. The fourth-order valence-electron chi connectivity index (χ4n) is 4.37. The van der Waals surface area contributed by atoms with Crippen LogP contribution in [0.15, 0.2) is 76.3 Å². The predicted molar refractivity (Wildman–Crippen MR) is 145 cm³/mol. The molecule has 2 amide bonds. The number of aromatic nitrogens is 2. The average Bonchev–Trinajstić information content (AvgIpc) is 3.42. The Morgan fingerprint density at radius 1 is 0.974 bits per heavy atom. The second-order valence-corrected chi connectivity index (χ2v) is 9.32. The van der Waals surface area contributed by atoms with Crippen LogP contribution in [0.5, 0.6) is 11.5 Å². The van der Waals surface area contributed by atoms with Gasteiger partial charge in [0.2, 0.25) is 12.7 Å². The molecule has 0 aliphatic carbocycles. The van der Waals surface area contributed by atoms with E-state index >= 15 is 0 Å². The lowest BCUT2D eigenvalue weighted by molar-refractivity contribution is -0.122. The lowest BCUT2D eigenvalue weighted by Crippen LogP contribution is -2.43. The van der Waals surface area contributed by atoms with Crippen molar-refractivity contribution in [1.82, 2.24) is 19.8 Å². The highest BCUT2D eigenvalue weighted by Gasteiger charge is 2.19. The van der Waals surface area contributed by atoms with E-state index in [-0.39, 0.29) is 48.3 Å². The van der Waals surface area contributed by atoms with Crippen LogP contribution in [0.1, 0.15) is 36.2 Å². The summed E-state index contributed by atoms with van der Waals surface area (Å²) in [6.45, 7) is 3.89. The van der Waals surface area contributed by atoms with Gasteiger partial charge in [-0.05, 0) is 61.4 Å². The molecular weight excluding hydrogens is 500 g/mol. The molecule has 200 valence electrons. The van der Waals surface area contributed by atoms with Gasteiger partial charge in [-0.3, -0.25) is 19.0 Å². The van der Waals surface area contributed by atoms with Crippen molar-refractivity contribution < 1.29 is 19.1 Å². The number of fused-ring (bicyclic) bond motifs is 2. The second kappa shape index (κ2) is 10.9. The van der Waals surface area contributed by atoms with Gasteiger partial charge >= 0.3 is 5.69 Å².